The lowest BCUT2D eigenvalue weighted by molar-refractivity contribution is -0.311. The lowest BCUT2D eigenvalue weighted by Crippen LogP contribution is -2.84. The fourth-order valence-corrected chi connectivity index (χ4v) is 28.4. The number of Topliss-reactive ketones (excluding diaryl/α,β-unsaturated/α-hetero) is 1. The summed E-state index contributed by atoms with van der Waals surface area (Å²) in [6.45, 7) is 3.84. The van der Waals surface area contributed by atoms with Crippen LogP contribution in [0.5, 0.6) is 0 Å². The Kier molecular flexibility index (Phi) is 11.2. The van der Waals surface area contributed by atoms with Gasteiger partial charge < -0.3 is 43.6 Å². The third-order valence-electron chi connectivity index (χ3n) is 30.5. The number of fused-ring (bicyclic) bond motifs is 5. The van der Waals surface area contributed by atoms with Crippen LogP contribution in [-0.2, 0) is 46.2 Å². The molecule has 5 saturated heterocycles. The molecule has 6 bridgehead atoms. The van der Waals surface area contributed by atoms with E-state index >= 15 is 14.4 Å². The molecule has 24 unspecified atom stereocenters. The van der Waals surface area contributed by atoms with Gasteiger partial charge in [-0.2, -0.15) is 0 Å². The molecule has 4 N–H and O–H groups in total. The van der Waals surface area contributed by atoms with E-state index in [2.05, 4.69) is 78.0 Å². The first-order valence-corrected chi connectivity index (χ1v) is 34.7. The van der Waals surface area contributed by atoms with E-state index in [1.54, 1.807) is 6.26 Å². The number of epoxide rings is 1. The van der Waals surface area contributed by atoms with Crippen molar-refractivity contribution in [2.75, 3.05) is 26.4 Å². The number of rotatable bonds is 10. The number of furan rings is 1. The molecule has 10 aliphatic carbocycles. The summed E-state index contributed by atoms with van der Waals surface area (Å²) < 4.78 is 37.6. The Bertz CT molecular complexity index is 3290. The smallest absolute Gasteiger partial charge is 0.339 e. The summed E-state index contributed by atoms with van der Waals surface area (Å²) in [5, 5.41) is 41.5. The first-order chi connectivity index (χ1) is 41.8. The van der Waals surface area contributed by atoms with Crippen LogP contribution in [0.2, 0.25) is 0 Å². The summed E-state index contributed by atoms with van der Waals surface area (Å²) in [7, 11) is 0. The van der Waals surface area contributed by atoms with E-state index in [4.69, 9.17) is 23.4 Å². The summed E-state index contributed by atoms with van der Waals surface area (Å²) in [6.07, 6.45) is 30.1. The number of aliphatic hydroxyl groups is 3. The molecule has 6 spiro atoms. The van der Waals surface area contributed by atoms with Gasteiger partial charge in [-0.25, -0.2) is 4.79 Å². The number of benzene rings is 1. The highest BCUT2D eigenvalue weighted by Crippen LogP contribution is 2.95. The second-order valence-corrected chi connectivity index (χ2v) is 32.4. The molecule has 14 fully saturated rings. The maximum Gasteiger partial charge on any atom is 0.339 e. The number of cyclic esters (lactones) is 2. The van der Waals surface area contributed by atoms with E-state index in [-0.39, 0.29) is 71.8 Å². The van der Waals surface area contributed by atoms with Crippen LogP contribution in [0.15, 0.2) is 83.2 Å². The predicted octanol–water partition coefficient (Wildman–Crippen LogP) is 10.1. The summed E-state index contributed by atoms with van der Waals surface area (Å²) in [4.78, 5) is 52.6. The van der Waals surface area contributed by atoms with Crippen LogP contribution in [0.25, 0.3) is 0 Å². The first-order valence-electron chi connectivity index (χ1n) is 34.7. The van der Waals surface area contributed by atoms with Crippen molar-refractivity contribution in [3.63, 3.8) is 0 Å². The van der Waals surface area contributed by atoms with Gasteiger partial charge in [0.2, 0.25) is 0 Å². The van der Waals surface area contributed by atoms with Crippen LogP contribution < -0.4 is 5.32 Å². The highest BCUT2D eigenvalue weighted by Gasteiger charge is 3.02. The Balaban J connectivity index is 0.830. The number of nitrogens with zero attached hydrogens (tertiary/aromatic N) is 1. The molecule has 8 heterocycles. The average Bonchev–Trinajstić information content (AvgIpc) is 1.40. The van der Waals surface area contributed by atoms with Crippen molar-refractivity contribution < 1.29 is 53.1 Å². The van der Waals surface area contributed by atoms with Crippen molar-refractivity contribution in [2.24, 2.45) is 104 Å². The number of nitrogens with one attached hydrogen (secondary N) is 1. The van der Waals surface area contributed by atoms with E-state index in [0.29, 0.717) is 48.8 Å². The normalized spacial score (nSPS) is 51.4. The van der Waals surface area contributed by atoms with Gasteiger partial charge in [0.25, 0.3) is 0 Å². The van der Waals surface area contributed by atoms with Crippen molar-refractivity contribution in [2.45, 2.75) is 202 Å². The molecule has 86 heavy (non-hydrogen) atoms. The van der Waals surface area contributed by atoms with E-state index in [1.165, 1.54) is 11.1 Å². The Morgan fingerprint density at radius 1 is 0.872 bits per heavy atom. The van der Waals surface area contributed by atoms with E-state index in [1.807, 2.05) is 6.07 Å². The van der Waals surface area contributed by atoms with Gasteiger partial charge in [0.05, 0.1) is 42.6 Å². The summed E-state index contributed by atoms with van der Waals surface area (Å²) in [5.41, 5.74) is -5.61. The molecule has 0 amide bonds. The number of aliphatic hydroxyl groups excluding tert-OH is 3. The average molecular weight is 1170 g/mol. The number of hydrogen-bond acceptors (Lipinski definition) is 13. The van der Waals surface area contributed by atoms with Gasteiger partial charge in [0.1, 0.15) is 41.2 Å². The number of ketones is 1. The molecule has 0 radical (unpaired) electrons. The maximum atomic E-state index is 17.7. The zero-order valence-electron chi connectivity index (χ0n) is 50.4. The van der Waals surface area contributed by atoms with Crippen molar-refractivity contribution in [3.8, 4) is 0 Å². The van der Waals surface area contributed by atoms with Gasteiger partial charge in [0.15, 0.2) is 11.9 Å². The van der Waals surface area contributed by atoms with Gasteiger partial charge in [-0.05, 0) is 190 Å². The fraction of sp³-hybridized carbons (Fsp3) is 0.740. The van der Waals surface area contributed by atoms with Crippen molar-refractivity contribution >= 4 is 17.7 Å². The minimum absolute atomic E-state index is 0.0523. The monoisotopic (exact) mass is 1170 g/mol. The topological polar surface area (TPSA) is 181 Å². The Morgan fingerprint density at radius 2 is 1.71 bits per heavy atom. The highest BCUT2D eigenvalue weighted by atomic mass is 16.7. The minimum atomic E-state index is -1.50. The summed E-state index contributed by atoms with van der Waals surface area (Å²) in [6, 6.07) is 13.3. The van der Waals surface area contributed by atoms with Gasteiger partial charge in [0, 0.05) is 40.8 Å². The molecule has 2 aromatic rings. The standard InChI is InChI=1S/C73H90N2O11/c1-65-35-45-36-70-50-32-47(66(70)23-8-9-24-66)20-26-69(70)64(81)83-39-67-58(45)71(48-16-10-13-42(30-48)29-41-11-4-2-5-12-41,60(79)57(78)59(67)68(46-14-6-3-7-15-46)25-19-49(33-50)72(67,69)86-68)73(65)62(85-73)63(80)84-61(65)52-22-28-82-56(52)34-53(55(77)38-76)43-17-18-51-44(31-43)21-27-75-40-74-37-54(51)75/h2,4-5,11-12,19-22,26-28,42-48,50-51,53-55,58-62,74,76-77,79H,3,6-10,13-18,23-25,29-40H2,1H3. The van der Waals surface area contributed by atoms with Crippen LogP contribution in [0.3, 0.4) is 0 Å². The highest BCUT2D eigenvalue weighted by molar-refractivity contribution is 5.96. The first kappa shape index (κ1) is 53.7. The van der Waals surface area contributed by atoms with Crippen molar-refractivity contribution in [1.29, 1.82) is 0 Å². The second kappa shape index (κ2) is 17.9. The molecule has 458 valence electrons. The van der Waals surface area contributed by atoms with Gasteiger partial charge in [-0.1, -0.05) is 107 Å². The third kappa shape index (κ3) is 5.84. The Morgan fingerprint density at radius 3 is 2.55 bits per heavy atom. The van der Waals surface area contributed by atoms with Crippen molar-refractivity contribution in [3.05, 3.63) is 95.6 Å². The molecule has 19 rings (SSSR count). The Labute approximate surface area is 506 Å². The molecule has 13 heteroatoms. The third-order valence-corrected chi connectivity index (χ3v) is 30.5. The molecule has 1 aromatic carbocycles. The molecule has 24 atom stereocenters. The summed E-state index contributed by atoms with van der Waals surface area (Å²) in [5.74, 6) is -0.202. The number of esters is 2. The maximum absolute atomic E-state index is 17.7. The van der Waals surface area contributed by atoms with Crippen LogP contribution in [0.1, 0.15) is 165 Å². The zero-order valence-corrected chi connectivity index (χ0v) is 50.4. The predicted molar refractivity (Wildman–Crippen MR) is 315 cm³/mol. The lowest BCUT2D eigenvalue weighted by Gasteiger charge is -2.74. The molecular formula is C73H90N2O11. The largest absolute Gasteiger partial charge is 0.469 e. The molecular weight excluding hydrogens is 1080 g/mol. The van der Waals surface area contributed by atoms with E-state index in [0.717, 1.165) is 147 Å². The van der Waals surface area contributed by atoms with Gasteiger partial charge in [-0.3, -0.25) is 14.9 Å². The van der Waals surface area contributed by atoms with Crippen LogP contribution in [-0.4, -0.2) is 106 Å². The van der Waals surface area contributed by atoms with Crippen LogP contribution >= 0.6 is 0 Å². The quantitative estimate of drug-likeness (QED) is 0.100. The molecule has 9 saturated carbocycles. The minimum Gasteiger partial charge on any atom is -0.469 e. The van der Waals surface area contributed by atoms with Gasteiger partial charge in [-0.15, -0.1) is 0 Å². The molecule has 13 nitrogen and oxygen atoms in total. The van der Waals surface area contributed by atoms with Crippen LogP contribution in [0.4, 0.5) is 0 Å². The number of carbonyl (C=O) groups excluding carboxylic acids is 3. The number of carbonyl (C=O) groups is 3. The molecule has 1 aromatic heterocycles. The number of allylic oxidation sites excluding steroid dienone is 2. The molecule has 17 aliphatic rings. The van der Waals surface area contributed by atoms with E-state index in [9.17, 15) is 15.3 Å². The fourth-order valence-electron chi connectivity index (χ4n) is 28.4. The van der Waals surface area contributed by atoms with Gasteiger partial charge >= 0.3 is 11.9 Å². The Hall–Kier alpha value is -4.11. The van der Waals surface area contributed by atoms with Crippen LogP contribution in [0, 0.1) is 104 Å². The van der Waals surface area contributed by atoms with E-state index < -0.39 is 86.1 Å². The number of ether oxygens (including phenoxy) is 4. The SMILES string of the molecule is CC12CC3CC45C6CC7=CCC8(C9CCCCC9)OC79C7(COC(=O)C94C=CC(C6)C54CCCC4)C8C(=O)C(O)C(C4CCCC(Cc5ccccc5)C4)(C37)C13OC3C(=O)OC2c1ccoc1CC(C(O)CO)C1CCC2C(C=CN3CNCC23)C1. The second-order valence-electron chi connectivity index (χ2n) is 32.4. The summed E-state index contributed by atoms with van der Waals surface area (Å²) >= 11 is 0. The lowest BCUT2D eigenvalue weighted by atomic mass is 9.28. The number of hydrogen-bond donors (Lipinski definition) is 4. The zero-order chi connectivity index (χ0) is 57.8. The molecule has 7 aliphatic heterocycles. The van der Waals surface area contributed by atoms with Crippen molar-refractivity contribution in [1.82, 2.24) is 10.2 Å².